The van der Waals surface area contributed by atoms with Crippen molar-refractivity contribution in [2.75, 3.05) is 20.8 Å². The van der Waals surface area contributed by atoms with E-state index in [-0.39, 0.29) is 18.4 Å². The van der Waals surface area contributed by atoms with E-state index in [1.165, 1.54) is 11.8 Å². The number of methoxy groups -OCH3 is 2. The highest BCUT2D eigenvalue weighted by Crippen LogP contribution is 2.27. The van der Waals surface area contributed by atoms with E-state index >= 15 is 0 Å². The minimum atomic E-state index is -0.396. The zero-order valence-corrected chi connectivity index (χ0v) is 14.7. The maximum absolute atomic E-state index is 12.1. The van der Waals surface area contributed by atoms with Crippen molar-refractivity contribution >= 4 is 11.8 Å². The van der Waals surface area contributed by atoms with E-state index in [0.717, 1.165) is 5.56 Å². The smallest absolute Gasteiger partial charge is 0.239 e. The molecule has 1 rings (SSSR count). The summed E-state index contributed by atoms with van der Waals surface area (Å²) in [4.78, 5) is 25.3. The monoisotopic (exact) mass is 322 g/mol. The Morgan fingerprint density at radius 2 is 1.74 bits per heavy atom. The number of rotatable bonds is 6. The van der Waals surface area contributed by atoms with E-state index < -0.39 is 5.54 Å². The van der Waals surface area contributed by atoms with Crippen LogP contribution in [-0.4, -0.2) is 43.0 Å². The Balaban J connectivity index is 2.67. The first-order chi connectivity index (χ1) is 10.7. The summed E-state index contributed by atoms with van der Waals surface area (Å²) in [6.07, 6.45) is 0. The Morgan fingerprint density at radius 1 is 1.13 bits per heavy atom. The summed E-state index contributed by atoms with van der Waals surface area (Å²) in [6.45, 7) is 7.55. The van der Waals surface area contributed by atoms with Gasteiger partial charge in [0.05, 0.1) is 14.2 Å². The van der Waals surface area contributed by atoms with Crippen LogP contribution in [0, 0.1) is 0 Å². The van der Waals surface area contributed by atoms with Crippen LogP contribution in [0.2, 0.25) is 0 Å². The van der Waals surface area contributed by atoms with Crippen molar-refractivity contribution in [1.82, 2.24) is 10.2 Å². The molecule has 0 atom stereocenters. The van der Waals surface area contributed by atoms with Gasteiger partial charge in [-0.3, -0.25) is 9.59 Å². The molecular weight excluding hydrogens is 296 g/mol. The molecule has 1 aromatic carbocycles. The van der Waals surface area contributed by atoms with Gasteiger partial charge >= 0.3 is 0 Å². The number of carbonyl (C=O) groups is 2. The summed E-state index contributed by atoms with van der Waals surface area (Å²) in [6, 6.07) is 5.46. The number of ether oxygens (including phenoxy) is 2. The summed E-state index contributed by atoms with van der Waals surface area (Å²) in [5.41, 5.74) is 0.494. The molecule has 0 spiro atoms. The van der Waals surface area contributed by atoms with Crippen LogP contribution in [-0.2, 0) is 16.1 Å². The lowest BCUT2D eigenvalue weighted by molar-refractivity contribution is -0.139. The van der Waals surface area contributed by atoms with Crippen molar-refractivity contribution in [1.29, 1.82) is 0 Å². The molecule has 0 saturated carbocycles. The molecule has 128 valence electrons. The lowest BCUT2D eigenvalue weighted by Gasteiger charge is -2.34. The Bertz CT molecular complexity index is 564. The maximum Gasteiger partial charge on any atom is 0.239 e. The first-order valence-corrected chi connectivity index (χ1v) is 7.45. The minimum Gasteiger partial charge on any atom is -0.493 e. The van der Waals surface area contributed by atoms with E-state index in [0.29, 0.717) is 18.0 Å². The quantitative estimate of drug-likeness (QED) is 0.869. The molecule has 0 bridgehead atoms. The van der Waals surface area contributed by atoms with Crippen LogP contribution in [0.3, 0.4) is 0 Å². The molecule has 0 heterocycles. The third-order valence-corrected chi connectivity index (χ3v) is 3.43. The number of benzene rings is 1. The number of carbonyl (C=O) groups excluding carboxylic acids is 2. The van der Waals surface area contributed by atoms with Gasteiger partial charge < -0.3 is 19.7 Å². The van der Waals surface area contributed by atoms with Gasteiger partial charge in [0, 0.05) is 19.0 Å². The van der Waals surface area contributed by atoms with Crippen molar-refractivity contribution in [2.24, 2.45) is 0 Å². The van der Waals surface area contributed by atoms with Crippen LogP contribution >= 0.6 is 0 Å². The number of hydrogen-bond donors (Lipinski definition) is 1. The third kappa shape index (κ3) is 5.47. The van der Waals surface area contributed by atoms with Gasteiger partial charge in [-0.1, -0.05) is 6.07 Å². The number of nitrogens with zero attached hydrogens (tertiary/aromatic N) is 1. The van der Waals surface area contributed by atoms with Crippen molar-refractivity contribution < 1.29 is 19.1 Å². The highest BCUT2D eigenvalue weighted by atomic mass is 16.5. The summed E-state index contributed by atoms with van der Waals surface area (Å²) in [7, 11) is 3.14. The highest BCUT2D eigenvalue weighted by molar-refractivity contribution is 5.84. The van der Waals surface area contributed by atoms with E-state index in [1.807, 2.05) is 32.9 Å². The van der Waals surface area contributed by atoms with Crippen molar-refractivity contribution in [3.05, 3.63) is 23.8 Å². The van der Waals surface area contributed by atoms with Gasteiger partial charge in [-0.15, -0.1) is 0 Å². The van der Waals surface area contributed by atoms with Gasteiger partial charge in [0.25, 0.3) is 0 Å². The second-order valence-corrected chi connectivity index (χ2v) is 6.24. The first kappa shape index (κ1) is 18.8. The number of amides is 2. The van der Waals surface area contributed by atoms with Crippen LogP contribution < -0.4 is 14.8 Å². The van der Waals surface area contributed by atoms with Gasteiger partial charge in [-0.25, -0.2) is 0 Å². The van der Waals surface area contributed by atoms with Gasteiger partial charge in [0.1, 0.15) is 6.54 Å². The van der Waals surface area contributed by atoms with E-state index in [1.54, 1.807) is 20.3 Å². The molecular formula is C17H26N2O4. The number of hydrogen-bond acceptors (Lipinski definition) is 4. The normalized spacial score (nSPS) is 10.9. The van der Waals surface area contributed by atoms with Gasteiger partial charge in [-0.05, 0) is 38.5 Å². The molecule has 0 fully saturated rings. The molecule has 23 heavy (non-hydrogen) atoms. The van der Waals surface area contributed by atoms with Crippen molar-refractivity contribution in [3.63, 3.8) is 0 Å². The Labute approximate surface area is 137 Å². The standard InChI is InChI=1S/C17H26N2O4/c1-12(20)19(17(2,3)4)11-16(21)18-10-13-7-8-14(22-5)15(9-13)23-6/h7-9H,10-11H2,1-6H3,(H,18,21). The summed E-state index contributed by atoms with van der Waals surface area (Å²) < 4.78 is 10.4. The molecule has 0 aliphatic carbocycles. The number of nitrogens with one attached hydrogen (secondary N) is 1. The topological polar surface area (TPSA) is 67.9 Å². The molecule has 1 aromatic rings. The fraction of sp³-hybridized carbons (Fsp3) is 0.529. The maximum atomic E-state index is 12.1. The second kappa shape index (κ2) is 7.85. The van der Waals surface area contributed by atoms with E-state index in [9.17, 15) is 9.59 Å². The first-order valence-electron chi connectivity index (χ1n) is 7.45. The van der Waals surface area contributed by atoms with Crippen LogP contribution in [0.1, 0.15) is 33.3 Å². The highest BCUT2D eigenvalue weighted by Gasteiger charge is 2.25. The Morgan fingerprint density at radius 3 is 2.22 bits per heavy atom. The summed E-state index contributed by atoms with van der Waals surface area (Å²) in [5.74, 6) is 0.918. The average Bonchev–Trinajstić information content (AvgIpc) is 2.48. The van der Waals surface area contributed by atoms with Crippen LogP contribution in [0.25, 0.3) is 0 Å². The van der Waals surface area contributed by atoms with Gasteiger partial charge in [0.15, 0.2) is 11.5 Å². The summed E-state index contributed by atoms with van der Waals surface area (Å²) >= 11 is 0. The van der Waals surface area contributed by atoms with Gasteiger partial charge in [0.2, 0.25) is 11.8 Å². The van der Waals surface area contributed by atoms with E-state index in [2.05, 4.69) is 5.32 Å². The molecule has 6 nitrogen and oxygen atoms in total. The fourth-order valence-electron chi connectivity index (χ4n) is 2.21. The molecule has 2 amide bonds. The molecule has 0 aromatic heterocycles. The SMILES string of the molecule is COc1ccc(CNC(=O)CN(C(C)=O)C(C)(C)C)cc1OC. The van der Waals surface area contributed by atoms with Gasteiger partial charge in [-0.2, -0.15) is 0 Å². The lowest BCUT2D eigenvalue weighted by Crippen LogP contribution is -2.49. The summed E-state index contributed by atoms with van der Waals surface area (Å²) in [5, 5.41) is 2.82. The average molecular weight is 322 g/mol. The Kier molecular flexibility index (Phi) is 6.42. The predicted octanol–water partition coefficient (Wildman–Crippen LogP) is 1.97. The molecule has 0 saturated heterocycles. The van der Waals surface area contributed by atoms with Crippen molar-refractivity contribution in [3.8, 4) is 11.5 Å². The largest absolute Gasteiger partial charge is 0.493 e. The zero-order chi connectivity index (χ0) is 17.6. The zero-order valence-electron chi connectivity index (χ0n) is 14.7. The predicted molar refractivity (Wildman–Crippen MR) is 88.5 cm³/mol. The fourth-order valence-corrected chi connectivity index (χ4v) is 2.21. The molecule has 1 N–H and O–H groups in total. The molecule has 0 aliphatic heterocycles. The second-order valence-electron chi connectivity index (χ2n) is 6.24. The van der Waals surface area contributed by atoms with Crippen LogP contribution in [0.5, 0.6) is 11.5 Å². The molecule has 0 radical (unpaired) electrons. The minimum absolute atomic E-state index is 0.0339. The van der Waals surface area contributed by atoms with Crippen molar-refractivity contribution in [2.45, 2.75) is 39.8 Å². The Hall–Kier alpha value is -2.24. The lowest BCUT2D eigenvalue weighted by atomic mass is 10.1. The van der Waals surface area contributed by atoms with Crippen LogP contribution in [0.15, 0.2) is 18.2 Å². The molecule has 0 unspecified atom stereocenters. The van der Waals surface area contributed by atoms with Crippen LogP contribution in [0.4, 0.5) is 0 Å². The van der Waals surface area contributed by atoms with E-state index in [4.69, 9.17) is 9.47 Å². The third-order valence-electron chi connectivity index (χ3n) is 3.43. The molecule has 0 aliphatic rings. The molecule has 6 heteroatoms.